The lowest BCUT2D eigenvalue weighted by molar-refractivity contribution is -0.137. The van der Waals surface area contributed by atoms with E-state index < -0.39 is 0 Å². The number of likely N-dealkylation sites (N-methyl/N-ethyl adjacent to an activating group) is 1. The van der Waals surface area contributed by atoms with Crippen molar-refractivity contribution >= 4 is 23.6 Å². The number of hydrogen-bond acceptors (Lipinski definition) is 4. The molecule has 1 aliphatic rings. The van der Waals surface area contributed by atoms with Gasteiger partial charge < -0.3 is 5.32 Å². The van der Waals surface area contributed by atoms with E-state index in [9.17, 15) is 9.59 Å². The quantitative estimate of drug-likeness (QED) is 0.714. The fraction of sp³-hybridized carbons (Fsp3) is 0.800. The Morgan fingerprint density at radius 1 is 1.53 bits per heavy atom. The Bertz CT molecular complexity index is 279. The van der Waals surface area contributed by atoms with Gasteiger partial charge in [0.15, 0.2) is 0 Å². The highest BCUT2D eigenvalue weighted by atomic mass is 32.2. The van der Waals surface area contributed by atoms with Crippen molar-refractivity contribution in [2.24, 2.45) is 0 Å². The van der Waals surface area contributed by atoms with Gasteiger partial charge in [0.1, 0.15) is 0 Å². The zero-order chi connectivity index (χ0) is 11.6. The zero-order valence-corrected chi connectivity index (χ0v) is 10.5. The van der Waals surface area contributed by atoms with Crippen molar-refractivity contribution < 1.29 is 9.59 Å². The third-order valence-corrected chi connectivity index (χ3v) is 3.96. The van der Waals surface area contributed by atoms with E-state index >= 15 is 0 Å². The van der Waals surface area contributed by atoms with Crippen molar-refractivity contribution in [3.8, 4) is 0 Å². The first-order valence-electron chi connectivity index (χ1n) is 4.96. The predicted molar refractivity (Wildman–Crippen MR) is 61.8 cm³/mol. The Morgan fingerprint density at radius 2 is 2.13 bits per heavy atom. The summed E-state index contributed by atoms with van der Waals surface area (Å²) in [4.78, 5) is 24.0. The molecule has 1 heterocycles. The molecule has 0 spiro atoms. The lowest BCUT2D eigenvalue weighted by Gasteiger charge is -2.24. The smallest absolute Gasteiger partial charge is 0.246 e. The summed E-state index contributed by atoms with van der Waals surface area (Å²) >= 11 is 1.74. The van der Waals surface area contributed by atoms with Gasteiger partial charge in [0.05, 0.1) is 12.5 Å². The number of amides is 2. The van der Waals surface area contributed by atoms with E-state index in [1.165, 1.54) is 11.9 Å². The molecule has 86 valence electrons. The van der Waals surface area contributed by atoms with E-state index in [0.717, 1.165) is 6.54 Å². The second-order valence-electron chi connectivity index (χ2n) is 4.39. The first kappa shape index (κ1) is 12.5. The van der Waals surface area contributed by atoms with Crippen LogP contribution in [0, 0.1) is 0 Å². The molecule has 1 aliphatic heterocycles. The summed E-state index contributed by atoms with van der Waals surface area (Å²) < 4.78 is 0.0878. The fourth-order valence-corrected chi connectivity index (χ4v) is 1.58. The summed E-state index contributed by atoms with van der Waals surface area (Å²) in [5, 5.41) is 3.15. The van der Waals surface area contributed by atoms with Gasteiger partial charge in [0.2, 0.25) is 11.8 Å². The molecule has 1 atom stereocenters. The minimum atomic E-state index is -0.325. The molecule has 0 aromatic heterocycles. The number of nitrogens with one attached hydrogen (secondary N) is 1. The topological polar surface area (TPSA) is 49.4 Å². The van der Waals surface area contributed by atoms with Crippen LogP contribution in [-0.4, -0.2) is 47.4 Å². The lowest BCUT2D eigenvalue weighted by Crippen LogP contribution is -2.42. The van der Waals surface area contributed by atoms with E-state index in [1.54, 1.807) is 11.8 Å². The third-order valence-electron chi connectivity index (χ3n) is 2.71. The Hall–Kier alpha value is -0.550. The molecule has 5 heteroatoms. The summed E-state index contributed by atoms with van der Waals surface area (Å²) in [5.74, 6) is -0.212. The second-order valence-corrected chi connectivity index (χ2v) is 5.91. The van der Waals surface area contributed by atoms with Crippen LogP contribution in [0.4, 0.5) is 0 Å². The minimum Gasteiger partial charge on any atom is -0.304 e. The van der Waals surface area contributed by atoms with E-state index in [0.29, 0.717) is 6.42 Å². The Kier molecular flexibility index (Phi) is 3.78. The van der Waals surface area contributed by atoms with Crippen molar-refractivity contribution in [1.82, 2.24) is 10.2 Å². The van der Waals surface area contributed by atoms with Gasteiger partial charge in [-0.1, -0.05) is 0 Å². The first-order chi connectivity index (χ1) is 6.87. The fourth-order valence-electron chi connectivity index (χ4n) is 1.36. The van der Waals surface area contributed by atoms with Crippen molar-refractivity contribution in [1.29, 1.82) is 0 Å². The average Bonchev–Trinajstić information content (AvgIpc) is 2.43. The molecular weight excluding hydrogens is 212 g/mol. The maximum atomic E-state index is 11.6. The summed E-state index contributed by atoms with van der Waals surface area (Å²) in [6.45, 7) is 4.94. The Morgan fingerprint density at radius 3 is 2.53 bits per heavy atom. The largest absolute Gasteiger partial charge is 0.304 e. The molecule has 15 heavy (non-hydrogen) atoms. The maximum absolute atomic E-state index is 11.6. The molecule has 1 N–H and O–H groups in total. The summed E-state index contributed by atoms with van der Waals surface area (Å²) in [6, 6.07) is -0.325. The van der Waals surface area contributed by atoms with Gasteiger partial charge in [0.25, 0.3) is 0 Å². The second kappa shape index (κ2) is 4.53. The van der Waals surface area contributed by atoms with Crippen molar-refractivity contribution in [2.45, 2.75) is 31.1 Å². The van der Waals surface area contributed by atoms with E-state index in [1.807, 2.05) is 6.26 Å². The maximum Gasteiger partial charge on any atom is 0.246 e. The molecule has 0 radical (unpaired) electrons. The van der Waals surface area contributed by atoms with Crippen LogP contribution >= 0.6 is 11.8 Å². The molecule has 1 fully saturated rings. The predicted octanol–water partition coefficient (Wildman–Crippen LogP) is 0.475. The molecule has 4 nitrogen and oxygen atoms in total. The third kappa shape index (κ3) is 2.95. The average molecular weight is 230 g/mol. The summed E-state index contributed by atoms with van der Waals surface area (Å²) in [5.41, 5.74) is 0. The molecule has 0 bridgehead atoms. The van der Waals surface area contributed by atoms with E-state index in [-0.39, 0.29) is 22.6 Å². The van der Waals surface area contributed by atoms with Crippen molar-refractivity contribution in [3.63, 3.8) is 0 Å². The highest BCUT2D eigenvalue weighted by molar-refractivity contribution is 7.99. The molecule has 1 saturated heterocycles. The summed E-state index contributed by atoms with van der Waals surface area (Å²) in [6.07, 6.45) is 2.33. The van der Waals surface area contributed by atoms with Crippen LogP contribution < -0.4 is 5.32 Å². The van der Waals surface area contributed by atoms with Gasteiger partial charge in [-0.3, -0.25) is 14.5 Å². The van der Waals surface area contributed by atoms with Crippen LogP contribution in [0.2, 0.25) is 0 Å². The number of likely N-dealkylation sites (tertiary alicyclic amines) is 1. The lowest BCUT2D eigenvalue weighted by atomic mass is 10.1. The Balaban J connectivity index is 2.48. The first-order valence-corrected chi connectivity index (χ1v) is 6.19. The van der Waals surface area contributed by atoms with E-state index in [2.05, 4.69) is 19.2 Å². The van der Waals surface area contributed by atoms with E-state index in [4.69, 9.17) is 0 Å². The number of hydrogen-bond donors (Lipinski definition) is 1. The van der Waals surface area contributed by atoms with Gasteiger partial charge in [-0.25, -0.2) is 0 Å². The van der Waals surface area contributed by atoms with Crippen LogP contribution in [0.3, 0.4) is 0 Å². The normalized spacial score (nSPS) is 22.7. The van der Waals surface area contributed by atoms with Gasteiger partial charge in [-0.2, -0.15) is 11.8 Å². The minimum absolute atomic E-state index is 0.0878. The van der Waals surface area contributed by atoms with Crippen LogP contribution in [-0.2, 0) is 9.59 Å². The van der Waals surface area contributed by atoms with Crippen molar-refractivity contribution in [2.75, 3.05) is 19.8 Å². The van der Waals surface area contributed by atoms with Gasteiger partial charge in [-0.05, 0) is 20.1 Å². The molecule has 0 saturated carbocycles. The molecule has 1 unspecified atom stereocenters. The van der Waals surface area contributed by atoms with Crippen LogP contribution in [0.15, 0.2) is 0 Å². The number of thioether (sulfide) groups is 1. The number of imide groups is 1. The SMILES string of the molecule is CSC(C)(C)CNC1CC(=O)N(C)C1=O. The standard InChI is InChI=1S/C10H18N2O2S/c1-10(2,15-4)6-11-7-5-8(13)12(3)9(7)14/h7,11H,5-6H2,1-4H3. The van der Waals surface area contributed by atoms with Gasteiger partial charge >= 0.3 is 0 Å². The summed E-state index contributed by atoms with van der Waals surface area (Å²) in [7, 11) is 1.53. The monoisotopic (exact) mass is 230 g/mol. The zero-order valence-electron chi connectivity index (χ0n) is 9.66. The van der Waals surface area contributed by atoms with Crippen LogP contribution in [0.25, 0.3) is 0 Å². The molecule has 2 amide bonds. The molecule has 0 aliphatic carbocycles. The molecule has 0 aromatic carbocycles. The van der Waals surface area contributed by atoms with Gasteiger partial charge in [0, 0.05) is 18.3 Å². The number of rotatable bonds is 4. The van der Waals surface area contributed by atoms with Crippen LogP contribution in [0.1, 0.15) is 20.3 Å². The molecular formula is C10H18N2O2S. The number of carbonyl (C=O) groups excluding carboxylic acids is 2. The highest BCUT2D eigenvalue weighted by Crippen LogP contribution is 2.20. The number of carbonyl (C=O) groups is 2. The molecule has 1 rings (SSSR count). The number of nitrogens with zero attached hydrogens (tertiary/aromatic N) is 1. The highest BCUT2D eigenvalue weighted by Gasteiger charge is 2.36. The van der Waals surface area contributed by atoms with Crippen molar-refractivity contribution in [3.05, 3.63) is 0 Å². The van der Waals surface area contributed by atoms with Gasteiger partial charge in [-0.15, -0.1) is 0 Å². The van der Waals surface area contributed by atoms with Crippen LogP contribution in [0.5, 0.6) is 0 Å². The Labute approximate surface area is 94.8 Å². The molecule has 0 aromatic rings.